The van der Waals surface area contributed by atoms with Gasteiger partial charge in [-0.2, -0.15) is 0 Å². The van der Waals surface area contributed by atoms with Crippen molar-refractivity contribution in [1.82, 2.24) is 0 Å². The van der Waals surface area contributed by atoms with Crippen LogP contribution in [-0.4, -0.2) is 10.9 Å². The first-order chi connectivity index (χ1) is 9.88. The topological polar surface area (TPSA) is 55.1 Å². The highest BCUT2D eigenvalue weighted by molar-refractivity contribution is 7.80. The molecule has 2 aromatic rings. The molecule has 0 aliphatic rings. The number of benzene rings is 2. The van der Waals surface area contributed by atoms with Crippen LogP contribution in [0.3, 0.4) is 0 Å². The summed E-state index contributed by atoms with van der Waals surface area (Å²) in [5.41, 5.74) is 8.62. The van der Waals surface area contributed by atoms with Crippen molar-refractivity contribution in [2.45, 2.75) is 13.8 Å². The molecule has 0 aliphatic heterocycles. The van der Waals surface area contributed by atoms with E-state index in [-0.39, 0.29) is 16.7 Å². The summed E-state index contributed by atoms with van der Waals surface area (Å²) in [6, 6.07) is 9.60. The molecule has 0 fully saturated rings. The van der Waals surface area contributed by atoms with Crippen LogP contribution < -0.4 is 11.1 Å². The van der Waals surface area contributed by atoms with Crippen LogP contribution in [0.15, 0.2) is 36.4 Å². The Bertz CT molecular complexity index is 728. The number of amides is 1. The number of halogens is 1. The second-order valence-electron chi connectivity index (χ2n) is 4.81. The van der Waals surface area contributed by atoms with E-state index < -0.39 is 0 Å². The number of hydrogen-bond acceptors (Lipinski definition) is 2. The number of nitrogens with two attached hydrogens (primary N) is 1. The maximum atomic E-state index is 13.2. The standard InChI is InChI=1S/C16H15FN2OS/c1-9-3-4-11(15(18)21)8-14(9)19-16(20)12-5-6-13(17)10(2)7-12/h3-8H,1-2H3,(H2,18,21)(H,19,20). The van der Waals surface area contributed by atoms with Crippen LogP contribution in [0.4, 0.5) is 10.1 Å². The average Bonchev–Trinajstić information content (AvgIpc) is 2.43. The lowest BCUT2D eigenvalue weighted by molar-refractivity contribution is 0.102. The van der Waals surface area contributed by atoms with Crippen molar-refractivity contribution in [2.75, 3.05) is 5.32 Å². The molecule has 2 aromatic carbocycles. The summed E-state index contributed by atoms with van der Waals surface area (Å²) in [6.07, 6.45) is 0. The molecule has 3 N–H and O–H groups in total. The molecule has 0 aromatic heterocycles. The van der Waals surface area contributed by atoms with Gasteiger partial charge in [-0.25, -0.2) is 4.39 Å². The molecule has 2 rings (SSSR count). The number of carbonyl (C=O) groups excluding carboxylic acids is 1. The van der Waals surface area contributed by atoms with Gasteiger partial charge in [0.1, 0.15) is 10.8 Å². The Labute approximate surface area is 128 Å². The molecule has 3 nitrogen and oxygen atoms in total. The Morgan fingerprint density at radius 1 is 1.10 bits per heavy atom. The summed E-state index contributed by atoms with van der Waals surface area (Å²) in [7, 11) is 0. The van der Waals surface area contributed by atoms with Gasteiger partial charge < -0.3 is 11.1 Å². The molecule has 0 atom stereocenters. The van der Waals surface area contributed by atoms with Gasteiger partial charge in [0.05, 0.1) is 0 Å². The highest BCUT2D eigenvalue weighted by Crippen LogP contribution is 2.18. The smallest absolute Gasteiger partial charge is 0.255 e. The Balaban J connectivity index is 2.28. The number of thiocarbonyl (C=S) groups is 1. The van der Waals surface area contributed by atoms with Crippen molar-refractivity contribution >= 4 is 28.8 Å². The number of anilines is 1. The van der Waals surface area contributed by atoms with Gasteiger partial charge >= 0.3 is 0 Å². The molecular weight excluding hydrogens is 287 g/mol. The van der Waals surface area contributed by atoms with Gasteiger partial charge in [-0.05, 0) is 49.2 Å². The first-order valence-electron chi connectivity index (χ1n) is 6.36. The van der Waals surface area contributed by atoms with Crippen molar-refractivity contribution in [3.8, 4) is 0 Å². The first kappa shape index (κ1) is 15.1. The van der Waals surface area contributed by atoms with Gasteiger partial charge in [0.15, 0.2) is 0 Å². The minimum Gasteiger partial charge on any atom is -0.389 e. The van der Waals surface area contributed by atoms with E-state index in [1.54, 1.807) is 19.1 Å². The third-order valence-corrected chi connectivity index (χ3v) is 3.43. The van der Waals surface area contributed by atoms with Crippen LogP contribution in [0.5, 0.6) is 0 Å². The molecule has 0 spiro atoms. The fourth-order valence-corrected chi connectivity index (χ4v) is 2.02. The number of nitrogens with one attached hydrogen (secondary N) is 1. The maximum absolute atomic E-state index is 13.2. The maximum Gasteiger partial charge on any atom is 0.255 e. The molecule has 1 amide bonds. The largest absolute Gasteiger partial charge is 0.389 e. The van der Waals surface area contributed by atoms with Crippen molar-refractivity contribution in [1.29, 1.82) is 0 Å². The zero-order valence-corrected chi connectivity index (χ0v) is 12.6. The molecule has 0 aliphatic carbocycles. The van der Waals surface area contributed by atoms with Crippen LogP contribution >= 0.6 is 12.2 Å². The third kappa shape index (κ3) is 3.44. The average molecular weight is 302 g/mol. The zero-order valence-electron chi connectivity index (χ0n) is 11.7. The molecule has 5 heteroatoms. The van der Waals surface area contributed by atoms with Gasteiger partial charge in [0.25, 0.3) is 5.91 Å². The zero-order chi connectivity index (χ0) is 15.6. The monoisotopic (exact) mass is 302 g/mol. The van der Waals surface area contributed by atoms with Crippen LogP contribution in [0, 0.1) is 19.7 Å². The first-order valence-corrected chi connectivity index (χ1v) is 6.77. The number of carbonyl (C=O) groups is 1. The molecule has 0 bridgehead atoms. The van der Waals surface area contributed by atoms with Gasteiger partial charge in [0.2, 0.25) is 0 Å². The predicted octanol–water partition coefficient (Wildman–Crippen LogP) is 3.33. The molecule has 0 saturated heterocycles. The van der Waals surface area contributed by atoms with Gasteiger partial charge in [0, 0.05) is 16.8 Å². The summed E-state index contributed by atoms with van der Waals surface area (Å²) >= 11 is 4.93. The second kappa shape index (κ2) is 6.01. The Kier molecular flexibility index (Phi) is 4.33. The van der Waals surface area contributed by atoms with Crippen LogP contribution in [0.2, 0.25) is 0 Å². The molecule has 21 heavy (non-hydrogen) atoms. The fraction of sp³-hybridized carbons (Fsp3) is 0.125. The van der Waals surface area contributed by atoms with E-state index in [0.717, 1.165) is 5.56 Å². The molecule has 0 unspecified atom stereocenters. The number of aryl methyl sites for hydroxylation is 2. The SMILES string of the molecule is Cc1cc(C(=O)Nc2cc(C(N)=S)ccc2C)ccc1F. The van der Waals surface area contributed by atoms with E-state index in [9.17, 15) is 9.18 Å². The Hall–Kier alpha value is -2.27. The third-order valence-electron chi connectivity index (χ3n) is 3.19. The van der Waals surface area contributed by atoms with E-state index >= 15 is 0 Å². The lowest BCUT2D eigenvalue weighted by Gasteiger charge is -2.11. The second-order valence-corrected chi connectivity index (χ2v) is 5.25. The highest BCUT2D eigenvalue weighted by atomic mass is 32.1. The summed E-state index contributed by atoms with van der Waals surface area (Å²) in [6.45, 7) is 3.49. The number of hydrogen-bond donors (Lipinski definition) is 2. The molecule has 108 valence electrons. The van der Waals surface area contributed by atoms with E-state index in [1.165, 1.54) is 18.2 Å². The fourth-order valence-electron chi connectivity index (χ4n) is 1.89. The van der Waals surface area contributed by atoms with Crippen LogP contribution in [0.25, 0.3) is 0 Å². The molecular formula is C16H15FN2OS. The summed E-state index contributed by atoms with van der Waals surface area (Å²) < 4.78 is 13.2. The summed E-state index contributed by atoms with van der Waals surface area (Å²) in [5.74, 6) is -0.639. The van der Waals surface area contributed by atoms with Crippen LogP contribution in [0.1, 0.15) is 27.0 Å². The normalized spacial score (nSPS) is 10.2. The van der Waals surface area contributed by atoms with Gasteiger partial charge in [-0.1, -0.05) is 24.4 Å². The quantitative estimate of drug-likeness (QED) is 0.855. The van der Waals surface area contributed by atoms with E-state index in [1.807, 2.05) is 13.0 Å². The van der Waals surface area contributed by atoms with E-state index in [4.69, 9.17) is 18.0 Å². The van der Waals surface area contributed by atoms with Crippen molar-refractivity contribution in [3.05, 3.63) is 64.5 Å². The van der Waals surface area contributed by atoms with E-state index in [2.05, 4.69) is 5.32 Å². The lowest BCUT2D eigenvalue weighted by atomic mass is 10.1. The van der Waals surface area contributed by atoms with Crippen molar-refractivity contribution < 1.29 is 9.18 Å². The van der Waals surface area contributed by atoms with Crippen molar-refractivity contribution in [3.63, 3.8) is 0 Å². The molecule has 0 radical (unpaired) electrons. The minimum absolute atomic E-state index is 0.267. The summed E-state index contributed by atoms with van der Waals surface area (Å²) in [4.78, 5) is 12.5. The minimum atomic E-state index is -0.335. The summed E-state index contributed by atoms with van der Waals surface area (Å²) in [5, 5.41) is 2.79. The highest BCUT2D eigenvalue weighted by Gasteiger charge is 2.10. The molecule has 0 saturated carbocycles. The Morgan fingerprint density at radius 3 is 2.38 bits per heavy atom. The number of rotatable bonds is 3. The van der Waals surface area contributed by atoms with Gasteiger partial charge in [-0.3, -0.25) is 4.79 Å². The van der Waals surface area contributed by atoms with Crippen molar-refractivity contribution in [2.24, 2.45) is 5.73 Å². The predicted molar refractivity (Wildman–Crippen MR) is 86.2 cm³/mol. The molecule has 0 heterocycles. The lowest BCUT2D eigenvalue weighted by Crippen LogP contribution is -2.15. The Morgan fingerprint density at radius 2 is 1.76 bits per heavy atom. The van der Waals surface area contributed by atoms with Gasteiger partial charge in [-0.15, -0.1) is 0 Å². The van der Waals surface area contributed by atoms with Crippen LogP contribution in [-0.2, 0) is 0 Å². The van der Waals surface area contributed by atoms with E-state index in [0.29, 0.717) is 22.4 Å².